The monoisotopic (exact) mass is 349 g/mol. The summed E-state index contributed by atoms with van der Waals surface area (Å²) in [5.74, 6) is 0. The summed E-state index contributed by atoms with van der Waals surface area (Å²) < 4.78 is 0. The second-order valence-electron chi connectivity index (χ2n) is 5.35. The van der Waals surface area contributed by atoms with Crippen LogP contribution in [0, 0.1) is 20.2 Å². The first-order valence-electron chi connectivity index (χ1n) is 7.28. The van der Waals surface area contributed by atoms with Crippen molar-refractivity contribution in [2.24, 2.45) is 10.6 Å². The van der Waals surface area contributed by atoms with E-state index in [1.165, 1.54) is 12.8 Å². The van der Waals surface area contributed by atoms with Gasteiger partial charge in [-0.1, -0.05) is 38.5 Å². The van der Waals surface area contributed by atoms with Crippen LogP contribution in [0.1, 0.15) is 64.2 Å². The SMILES string of the molecule is O=NN([O-])C1CCCCC1.O=NN([O-])C1CCCCC1.[Cu+2]. The molecule has 2 rings (SSSR count). The molecule has 0 unspecified atom stereocenters. The van der Waals surface area contributed by atoms with E-state index in [0.29, 0.717) is 10.3 Å². The van der Waals surface area contributed by atoms with Crippen LogP contribution in [0.25, 0.3) is 0 Å². The van der Waals surface area contributed by atoms with E-state index >= 15 is 0 Å². The third kappa shape index (κ3) is 7.71. The molecule has 0 N–H and O–H groups in total. The Kier molecular flexibility index (Phi) is 11.4. The minimum Gasteiger partial charge on any atom is -0.739 e. The quantitative estimate of drug-likeness (QED) is 0.435. The molecule has 1 radical (unpaired) electrons. The van der Waals surface area contributed by atoms with Crippen molar-refractivity contribution in [1.29, 1.82) is 0 Å². The number of hydrogen-bond donors (Lipinski definition) is 0. The first kappa shape index (κ1) is 20.2. The van der Waals surface area contributed by atoms with Gasteiger partial charge in [-0.05, 0) is 25.7 Å². The maximum atomic E-state index is 10.6. The zero-order valence-corrected chi connectivity index (χ0v) is 12.9. The van der Waals surface area contributed by atoms with Crippen LogP contribution in [0.15, 0.2) is 10.6 Å². The van der Waals surface area contributed by atoms with Gasteiger partial charge in [-0.15, -0.1) is 9.81 Å². The van der Waals surface area contributed by atoms with E-state index in [-0.39, 0.29) is 29.2 Å². The van der Waals surface area contributed by atoms with Crippen molar-refractivity contribution in [3.8, 4) is 0 Å². The van der Waals surface area contributed by atoms with Crippen LogP contribution >= 0.6 is 0 Å². The third-order valence-electron chi connectivity index (χ3n) is 3.94. The second-order valence-corrected chi connectivity index (χ2v) is 5.35. The Balaban J connectivity index is 0.000000364. The molecular weight excluding hydrogens is 328 g/mol. The van der Waals surface area contributed by atoms with Crippen molar-refractivity contribution in [2.45, 2.75) is 76.3 Å². The molecule has 0 spiro atoms. The van der Waals surface area contributed by atoms with Crippen molar-refractivity contribution in [3.05, 3.63) is 20.2 Å². The third-order valence-corrected chi connectivity index (χ3v) is 3.94. The zero-order chi connectivity index (χ0) is 14.8. The van der Waals surface area contributed by atoms with Crippen molar-refractivity contribution in [3.63, 3.8) is 0 Å². The Morgan fingerprint density at radius 1 is 0.667 bits per heavy atom. The summed E-state index contributed by atoms with van der Waals surface area (Å²) in [6.07, 6.45) is 9.90. The van der Waals surface area contributed by atoms with Gasteiger partial charge in [0, 0.05) is 22.7 Å². The van der Waals surface area contributed by atoms with Crippen LogP contribution in [0.3, 0.4) is 0 Å². The molecule has 0 heterocycles. The topological polar surface area (TPSA) is 111 Å². The van der Waals surface area contributed by atoms with Gasteiger partial charge in [0.2, 0.25) is 0 Å². The van der Waals surface area contributed by atoms with Gasteiger partial charge in [0.25, 0.3) is 0 Å². The fraction of sp³-hybridized carbons (Fsp3) is 1.00. The van der Waals surface area contributed by atoms with Crippen LogP contribution in [0.2, 0.25) is 0 Å². The first-order chi connectivity index (χ1) is 9.69. The van der Waals surface area contributed by atoms with Gasteiger partial charge < -0.3 is 20.8 Å². The minimum absolute atomic E-state index is 0. The predicted molar refractivity (Wildman–Crippen MR) is 75.7 cm³/mol. The van der Waals surface area contributed by atoms with Crippen molar-refractivity contribution < 1.29 is 17.1 Å². The molecule has 0 saturated heterocycles. The van der Waals surface area contributed by atoms with Crippen molar-refractivity contribution in [1.82, 2.24) is 10.3 Å². The Bertz CT molecular complexity index is 258. The summed E-state index contributed by atoms with van der Waals surface area (Å²) in [6.45, 7) is 0. The average molecular weight is 350 g/mol. The van der Waals surface area contributed by atoms with E-state index in [2.05, 4.69) is 10.6 Å². The van der Waals surface area contributed by atoms with Gasteiger partial charge in [-0.3, -0.25) is 0 Å². The normalized spacial score (nSPS) is 19.5. The van der Waals surface area contributed by atoms with Crippen LogP contribution in [-0.2, 0) is 17.1 Å². The Morgan fingerprint density at radius 3 is 1.19 bits per heavy atom. The molecule has 2 saturated carbocycles. The van der Waals surface area contributed by atoms with Crippen LogP contribution in [-0.4, -0.2) is 22.4 Å². The molecule has 2 fully saturated rings. The Labute approximate surface area is 135 Å². The number of nitroso groups, excluding NO2 is 2. The molecule has 0 aliphatic heterocycles. The van der Waals surface area contributed by atoms with Crippen LogP contribution in [0.4, 0.5) is 0 Å². The number of rotatable bonds is 4. The molecule has 0 aromatic carbocycles. The summed E-state index contributed by atoms with van der Waals surface area (Å²) in [5, 5.41) is 26.5. The molecule has 0 amide bonds. The van der Waals surface area contributed by atoms with Gasteiger partial charge in [-0.25, -0.2) is 0 Å². The summed E-state index contributed by atoms with van der Waals surface area (Å²) in [7, 11) is 0. The van der Waals surface area contributed by atoms with E-state index < -0.39 is 0 Å². The molecule has 2 aliphatic carbocycles. The maximum Gasteiger partial charge on any atom is 2.00 e. The molecule has 9 heteroatoms. The fourth-order valence-corrected chi connectivity index (χ4v) is 2.74. The van der Waals surface area contributed by atoms with Crippen LogP contribution in [0.5, 0.6) is 0 Å². The maximum absolute atomic E-state index is 10.6. The van der Waals surface area contributed by atoms with Crippen molar-refractivity contribution >= 4 is 0 Å². The molecule has 0 aromatic rings. The molecule has 21 heavy (non-hydrogen) atoms. The largest absolute Gasteiger partial charge is 2.00 e. The average Bonchev–Trinajstić information content (AvgIpc) is 2.55. The number of hydroxylamine groups is 2. The standard InChI is InChI=1S/2C6H11N2O2.Cu/c2*9-7-8(10)6-4-2-1-3-5-6;/h2*6H,1-5H2;/q2*-1;+2. The first-order valence-corrected chi connectivity index (χ1v) is 7.28. The van der Waals surface area contributed by atoms with E-state index in [1.54, 1.807) is 0 Å². The zero-order valence-electron chi connectivity index (χ0n) is 11.9. The van der Waals surface area contributed by atoms with Crippen molar-refractivity contribution in [2.75, 3.05) is 0 Å². The molecular formula is C12H22CuN4O4. The molecule has 8 nitrogen and oxygen atoms in total. The fourth-order valence-electron chi connectivity index (χ4n) is 2.74. The number of nitrogens with zero attached hydrogens (tertiary/aromatic N) is 4. The van der Waals surface area contributed by atoms with Gasteiger partial charge in [0.1, 0.15) is 0 Å². The minimum atomic E-state index is -0.133. The molecule has 0 aromatic heterocycles. The molecule has 2 aliphatic rings. The predicted octanol–water partition coefficient (Wildman–Crippen LogP) is 3.60. The summed E-state index contributed by atoms with van der Waals surface area (Å²) in [5.41, 5.74) is 0. The van der Waals surface area contributed by atoms with E-state index in [0.717, 1.165) is 51.4 Å². The van der Waals surface area contributed by atoms with Gasteiger partial charge in [-0.2, -0.15) is 0 Å². The van der Waals surface area contributed by atoms with E-state index in [1.807, 2.05) is 0 Å². The van der Waals surface area contributed by atoms with E-state index in [9.17, 15) is 20.2 Å². The molecule has 0 atom stereocenters. The van der Waals surface area contributed by atoms with Gasteiger partial charge in [0.15, 0.2) is 0 Å². The summed E-state index contributed by atoms with van der Waals surface area (Å²) in [4.78, 5) is 19.5. The Hall–Kier alpha value is -0.761. The number of hydrogen-bond acceptors (Lipinski definition) is 6. The summed E-state index contributed by atoms with van der Waals surface area (Å²) >= 11 is 0. The van der Waals surface area contributed by atoms with E-state index in [4.69, 9.17) is 0 Å². The summed E-state index contributed by atoms with van der Waals surface area (Å²) in [6, 6.07) is -0.266. The van der Waals surface area contributed by atoms with Crippen LogP contribution < -0.4 is 0 Å². The second kappa shape index (κ2) is 11.9. The van der Waals surface area contributed by atoms with Gasteiger partial charge in [0.05, 0.1) is 0 Å². The smallest absolute Gasteiger partial charge is 0.739 e. The van der Waals surface area contributed by atoms with Gasteiger partial charge >= 0.3 is 17.1 Å². The molecule has 125 valence electrons. The molecule has 0 bridgehead atoms. The Morgan fingerprint density at radius 2 is 0.952 bits per heavy atom.